The van der Waals surface area contributed by atoms with Crippen LogP contribution in [0.4, 0.5) is 0 Å². The van der Waals surface area contributed by atoms with Crippen LogP contribution in [0.3, 0.4) is 0 Å². The van der Waals surface area contributed by atoms with E-state index in [1.807, 2.05) is 48.5 Å². The summed E-state index contributed by atoms with van der Waals surface area (Å²) >= 11 is 0. The van der Waals surface area contributed by atoms with Gasteiger partial charge in [-0.3, -0.25) is 0 Å². The zero-order chi connectivity index (χ0) is 24.1. The van der Waals surface area contributed by atoms with E-state index < -0.39 is 12.1 Å². The van der Waals surface area contributed by atoms with Crippen molar-refractivity contribution in [1.29, 1.82) is 0 Å². The Kier molecular flexibility index (Phi) is 7.05. The largest absolute Gasteiger partial charge is 0.490 e. The molecule has 1 aromatic heterocycles. The number of aromatic nitrogens is 1. The number of para-hydroxylation sites is 1. The first-order valence-corrected chi connectivity index (χ1v) is 11.3. The lowest BCUT2D eigenvalue weighted by atomic mass is 9.94. The van der Waals surface area contributed by atoms with Crippen molar-refractivity contribution in [3.63, 3.8) is 0 Å². The first-order valence-electron chi connectivity index (χ1n) is 11.3. The van der Waals surface area contributed by atoms with Crippen LogP contribution >= 0.6 is 0 Å². The van der Waals surface area contributed by atoms with E-state index in [0.717, 1.165) is 39.5 Å². The molecule has 0 radical (unpaired) electrons. The number of benzene rings is 3. The van der Waals surface area contributed by atoms with E-state index >= 15 is 0 Å². The van der Waals surface area contributed by atoms with Crippen molar-refractivity contribution in [3.05, 3.63) is 72.3 Å². The third-order valence-corrected chi connectivity index (χ3v) is 5.67. The molecule has 0 saturated heterocycles. The number of β-amino-alcohol motifs (C(OH)–C–C–N with tert-alkyl or cyclic N) is 1. The van der Waals surface area contributed by atoms with Crippen LogP contribution < -0.4 is 14.8 Å². The normalized spacial score (nSPS) is 12.7. The maximum absolute atomic E-state index is 10.6. The van der Waals surface area contributed by atoms with E-state index in [0.29, 0.717) is 12.3 Å². The third-order valence-electron chi connectivity index (χ3n) is 5.67. The van der Waals surface area contributed by atoms with Gasteiger partial charge in [0.05, 0.1) is 5.52 Å². The number of aliphatic hydroxyl groups is 1. The molecule has 0 aliphatic rings. The molecule has 1 atom stereocenters. The maximum Gasteiger partial charge on any atom is 0.341 e. The van der Waals surface area contributed by atoms with E-state index in [9.17, 15) is 9.90 Å². The fraction of sp³-hybridized carbons (Fsp3) is 0.296. The molecule has 0 bridgehead atoms. The Labute approximate surface area is 198 Å². The summed E-state index contributed by atoms with van der Waals surface area (Å²) in [4.78, 5) is 14.0. The number of ether oxygens (including phenoxy) is 2. The van der Waals surface area contributed by atoms with Gasteiger partial charge in [-0.25, -0.2) is 4.79 Å². The highest BCUT2D eigenvalue weighted by molar-refractivity contribution is 6.10. The Bertz CT molecular complexity index is 1260. The molecule has 0 amide bonds. The minimum absolute atomic E-state index is 0.178. The molecule has 178 valence electrons. The predicted octanol–water partition coefficient (Wildman–Crippen LogP) is 4.14. The Morgan fingerprint density at radius 1 is 1.00 bits per heavy atom. The second-order valence-electron chi connectivity index (χ2n) is 9.08. The predicted molar refractivity (Wildman–Crippen MR) is 133 cm³/mol. The third kappa shape index (κ3) is 5.87. The number of nitrogens with one attached hydrogen (secondary N) is 2. The van der Waals surface area contributed by atoms with E-state index in [4.69, 9.17) is 14.6 Å². The minimum Gasteiger partial charge on any atom is -0.490 e. The number of aromatic amines is 1. The molecule has 7 heteroatoms. The molecule has 34 heavy (non-hydrogen) atoms. The number of carboxylic acids is 1. The van der Waals surface area contributed by atoms with Gasteiger partial charge in [0.2, 0.25) is 0 Å². The van der Waals surface area contributed by atoms with Crippen molar-refractivity contribution >= 4 is 27.8 Å². The van der Waals surface area contributed by atoms with Gasteiger partial charge in [-0.15, -0.1) is 0 Å². The van der Waals surface area contributed by atoms with Crippen molar-refractivity contribution < 1.29 is 24.5 Å². The van der Waals surface area contributed by atoms with Crippen molar-refractivity contribution in [2.24, 2.45) is 0 Å². The number of hydrogen-bond acceptors (Lipinski definition) is 5. The quantitative estimate of drug-likeness (QED) is 0.267. The van der Waals surface area contributed by atoms with Crippen LogP contribution in [0.25, 0.3) is 21.8 Å². The second-order valence-corrected chi connectivity index (χ2v) is 9.08. The number of rotatable bonds is 11. The van der Waals surface area contributed by atoms with Crippen LogP contribution in [0.2, 0.25) is 0 Å². The lowest BCUT2D eigenvalue weighted by molar-refractivity contribution is -0.139. The molecule has 0 fully saturated rings. The minimum atomic E-state index is -1.00. The van der Waals surface area contributed by atoms with Gasteiger partial charge in [0.25, 0.3) is 0 Å². The summed E-state index contributed by atoms with van der Waals surface area (Å²) in [7, 11) is 0. The van der Waals surface area contributed by atoms with E-state index in [2.05, 4.69) is 30.2 Å². The zero-order valence-corrected chi connectivity index (χ0v) is 19.4. The van der Waals surface area contributed by atoms with Crippen molar-refractivity contribution in [2.75, 3.05) is 19.8 Å². The van der Waals surface area contributed by atoms with Gasteiger partial charge in [-0.1, -0.05) is 36.4 Å². The number of H-pyrrole nitrogens is 1. The Balaban J connectivity index is 1.30. The second kappa shape index (κ2) is 10.2. The molecule has 0 saturated carbocycles. The zero-order valence-electron chi connectivity index (χ0n) is 19.4. The molecule has 0 spiro atoms. The van der Waals surface area contributed by atoms with Crippen molar-refractivity contribution in [3.8, 4) is 11.5 Å². The fourth-order valence-corrected chi connectivity index (χ4v) is 4.05. The van der Waals surface area contributed by atoms with Gasteiger partial charge in [-0.2, -0.15) is 0 Å². The van der Waals surface area contributed by atoms with E-state index in [-0.39, 0.29) is 18.8 Å². The molecular formula is C27H30N2O5. The van der Waals surface area contributed by atoms with Gasteiger partial charge in [0.1, 0.15) is 24.2 Å². The summed E-state index contributed by atoms with van der Waals surface area (Å²) in [6.07, 6.45) is 0.0561. The van der Waals surface area contributed by atoms with Crippen LogP contribution in [-0.2, 0) is 11.2 Å². The number of fused-ring (bicyclic) bond motifs is 3. The number of aliphatic carboxylic acids is 1. The molecule has 0 aliphatic carbocycles. The molecule has 4 rings (SSSR count). The summed E-state index contributed by atoms with van der Waals surface area (Å²) in [6, 6.07) is 21.4. The van der Waals surface area contributed by atoms with Gasteiger partial charge >= 0.3 is 5.97 Å². The summed E-state index contributed by atoms with van der Waals surface area (Å²) in [5, 5.41) is 24.8. The monoisotopic (exact) mass is 462 g/mol. The summed E-state index contributed by atoms with van der Waals surface area (Å²) in [5.74, 6) is 0.267. The highest BCUT2D eigenvalue weighted by atomic mass is 16.5. The molecular weight excluding hydrogens is 432 g/mol. The Hall–Kier alpha value is -3.55. The summed E-state index contributed by atoms with van der Waals surface area (Å²) < 4.78 is 11.2. The van der Waals surface area contributed by atoms with Crippen LogP contribution in [0.1, 0.15) is 19.4 Å². The molecule has 3 aromatic carbocycles. The van der Waals surface area contributed by atoms with Crippen LogP contribution in [0, 0.1) is 0 Å². The Morgan fingerprint density at radius 2 is 1.74 bits per heavy atom. The van der Waals surface area contributed by atoms with Crippen molar-refractivity contribution in [1.82, 2.24) is 10.3 Å². The van der Waals surface area contributed by atoms with Gasteiger partial charge in [0.15, 0.2) is 6.61 Å². The molecule has 4 N–H and O–H groups in total. The molecule has 4 aromatic rings. The van der Waals surface area contributed by atoms with Gasteiger partial charge in [0, 0.05) is 28.4 Å². The molecule has 7 nitrogen and oxygen atoms in total. The highest BCUT2D eigenvalue weighted by Crippen LogP contribution is 2.33. The average molecular weight is 463 g/mol. The summed E-state index contributed by atoms with van der Waals surface area (Å²) in [6.45, 7) is 4.35. The van der Waals surface area contributed by atoms with Crippen LogP contribution in [0.15, 0.2) is 66.7 Å². The van der Waals surface area contributed by atoms with Crippen molar-refractivity contribution in [2.45, 2.75) is 31.9 Å². The first kappa shape index (κ1) is 23.6. The van der Waals surface area contributed by atoms with E-state index in [1.54, 1.807) is 12.1 Å². The number of carboxylic acid groups (broad SMARTS) is 1. The molecule has 0 aliphatic heterocycles. The van der Waals surface area contributed by atoms with Crippen LogP contribution in [-0.4, -0.2) is 52.6 Å². The van der Waals surface area contributed by atoms with Gasteiger partial charge in [-0.05, 0) is 56.2 Å². The van der Waals surface area contributed by atoms with Gasteiger partial charge < -0.3 is 30.0 Å². The Morgan fingerprint density at radius 3 is 2.50 bits per heavy atom. The van der Waals surface area contributed by atoms with E-state index in [1.165, 1.54) is 0 Å². The smallest absolute Gasteiger partial charge is 0.341 e. The highest BCUT2D eigenvalue weighted by Gasteiger charge is 2.20. The number of hydrogen-bond donors (Lipinski definition) is 4. The maximum atomic E-state index is 10.6. The number of aliphatic hydroxyl groups excluding tert-OH is 1. The first-order chi connectivity index (χ1) is 16.3. The molecule has 1 heterocycles. The SMILES string of the molecule is CC(C)(Cc1ccc(OCC(=O)O)cc1)NC[C@H](O)COc1cccc2[nH]c3ccccc3c12. The summed E-state index contributed by atoms with van der Waals surface area (Å²) in [5.41, 5.74) is 2.88. The fourth-order valence-electron chi connectivity index (χ4n) is 4.05. The topological polar surface area (TPSA) is 104 Å². The number of carbonyl (C=O) groups is 1. The van der Waals surface area contributed by atoms with Crippen LogP contribution in [0.5, 0.6) is 11.5 Å². The lowest BCUT2D eigenvalue weighted by Crippen LogP contribution is -2.46. The standard InChI is InChI=1S/C27H30N2O5/c1-27(2,14-18-10-12-20(13-11-18)33-17-25(31)32)28-15-19(30)16-34-24-9-5-8-23-26(24)21-6-3-4-7-22(21)29-23/h3-13,19,28-30H,14-17H2,1-2H3,(H,31,32)/t19-/m0/s1. The average Bonchev–Trinajstić information content (AvgIpc) is 3.20. The molecule has 0 unspecified atom stereocenters. The lowest BCUT2D eigenvalue weighted by Gasteiger charge is -2.28.